The van der Waals surface area contributed by atoms with Gasteiger partial charge in [-0.05, 0) is 85.1 Å². The van der Waals surface area contributed by atoms with Crippen LogP contribution in [0, 0.1) is 0 Å². The third kappa shape index (κ3) is 6.27. The second-order valence-corrected chi connectivity index (χ2v) is 11.3. The summed E-state index contributed by atoms with van der Waals surface area (Å²) in [5.74, 6) is 1.27. The molecule has 0 saturated heterocycles. The molecule has 0 unspecified atom stereocenters. The summed E-state index contributed by atoms with van der Waals surface area (Å²) in [5.41, 5.74) is 4.16. The summed E-state index contributed by atoms with van der Waals surface area (Å²) >= 11 is 0. The quantitative estimate of drug-likeness (QED) is 0.191. The Labute approximate surface area is 255 Å². The van der Waals surface area contributed by atoms with E-state index in [2.05, 4.69) is 9.55 Å². The molecule has 0 bridgehead atoms. The first kappa shape index (κ1) is 28.9. The van der Waals surface area contributed by atoms with E-state index < -0.39 is 5.97 Å². The van der Waals surface area contributed by atoms with Gasteiger partial charge >= 0.3 is 5.97 Å². The average Bonchev–Trinajstić information content (AvgIpc) is 3.43. The van der Waals surface area contributed by atoms with Gasteiger partial charge < -0.3 is 24.0 Å². The van der Waals surface area contributed by atoms with Crippen molar-refractivity contribution in [2.45, 2.75) is 44.8 Å². The minimum Gasteiger partial charge on any atom is -0.489 e. The number of carboxylic acid groups (broad SMARTS) is 1. The molecule has 2 heterocycles. The number of ether oxygens (including phenoxy) is 2. The van der Waals surface area contributed by atoms with E-state index >= 15 is 0 Å². The molecule has 5 aromatic rings. The highest BCUT2D eigenvalue weighted by Gasteiger charge is 2.23. The molecule has 1 aliphatic rings. The number of hydrogen-bond acceptors (Lipinski definition) is 6. The van der Waals surface area contributed by atoms with E-state index in [0.717, 1.165) is 48.2 Å². The maximum absolute atomic E-state index is 12.8. The van der Waals surface area contributed by atoms with Crippen LogP contribution in [0.1, 0.15) is 64.4 Å². The molecule has 9 nitrogen and oxygen atoms in total. The van der Waals surface area contributed by atoms with Crippen molar-refractivity contribution in [1.29, 1.82) is 0 Å². The average molecular weight is 591 g/mol. The predicted molar refractivity (Wildman–Crippen MR) is 167 cm³/mol. The Balaban J connectivity index is 1.29. The highest BCUT2D eigenvalue weighted by molar-refractivity contribution is 5.95. The lowest BCUT2D eigenvalue weighted by Gasteiger charge is -2.25. The minimum absolute atomic E-state index is 0.160. The number of benzene rings is 3. The van der Waals surface area contributed by atoms with E-state index in [4.69, 9.17) is 14.5 Å². The van der Waals surface area contributed by atoms with E-state index in [-0.39, 0.29) is 11.5 Å². The molecule has 1 saturated carbocycles. The van der Waals surface area contributed by atoms with E-state index in [1.165, 1.54) is 11.3 Å². The van der Waals surface area contributed by atoms with Gasteiger partial charge in [0, 0.05) is 49.7 Å². The summed E-state index contributed by atoms with van der Waals surface area (Å²) in [6, 6.07) is 22.1. The maximum atomic E-state index is 12.8. The Hall–Kier alpha value is -5.18. The number of fused-ring (bicyclic) bond motifs is 1. The van der Waals surface area contributed by atoms with Crippen LogP contribution < -0.4 is 9.47 Å². The molecule has 0 aliphatic heterocycles. The number of amides is 1. The van der Waals surface area contributed by atoms with Crippen molar-refractivity contribution in [2.24, 2.45) is 0 Å². The topological polar surface area (TPSA) is 107 Å². The van der Waals surface area contributed by atoms with Crippen LogP contribution in [0.15, 0.2) is 85.2 Å². The summed E-state index contributed by atoms with van der Waals surface area (Å²) in [6.07, 6.45) is 9.09. The fraction of sp³-hybridized carbons (Fsp3) is 0.257. The summed E-state index contributed by atoms with van der Waals surface area (Å²) in [5, 5.41) is 9.53. The molecular weight excluding hydrogens is 556 g/mol. The summed E-state index contributed by atoms with van der Waals surface area (Å²) < 4.78 is 14.5. The molecule has 0 spiro atoms. The van der Waals surface area contributed by atoms with E-state index in [1.807, 2.05) is 42.5 Å². The maximum Gasteiger partial charge on any atom is 0.335 e. The zero-order chi connectivity index (χ0) is 30.6. The lowest BCUT2D eigenvalue weighted by molar-refractivity contribution is 0.0696. The van der Waals surface area contributed by atoms with Crippen LogP contribution in [0.25, 0.3) is 22.4 Å². The monoisotopic (exact) mass is 590 g/mol. The van der Waals surface area contributed by atoms with Crippen molar-refractivity contribution in [3.05, 3.63) is 102 Å². The number of aromatic carboxylic acids is 1. The lowest BCUT2D eigenvalue weighted by Crippen LogP contribution is -2.21. The number of rotatable bonds is 9. The molecule has 2 aromatic heterocycles. The zero-order valence-electron chi connectivity index (χ0n) is 24.8. The molecule has 1 aliphatic carbocycles. The molecule has 9 heteroatoms. The first-order chi connectivity index (χ1) is 21.4. The largest absolute Gasteiger partial charge is 0.489 e. The SMILES string of the molecule is CN(C)C(=O)c1cc(OCc2ccncc2)cc(Oc2ccc(-c3nc4cc(C(=O)O)ccc4n3C3CCCCC3)cc2)c1. The predicted octanol–water partition coefficient (Wildman–Crippen LogP) is 7.37. The van der Waals surface area contributed by atoms with Crippen LogP contribution in [-0.4, -0.2) is 50.5 Å². The van der Waals surface area contributed by atoms with Gasteiger partial charge in [-0.1, -0.05) is 19.3 Å². The number of pyridine rings is 1. The van der Waals surface area contributed by atoms with Gasteiger partial charge in [0.1, 0.15) is 29.7 Å². The summed E-state index contributed by atoms with van der Waals surface area (Å²) in [4.78, 5) is 34.9. The van der Waals surface area contributed by atoms with Gasteiger partial charge in [0.15, 0.2) is 0 Å². The first-order valence-electron chi connectivity index (χ1n) is 14.8. The van der Waals surface area contributed by atoms with Crippen LogP contribution in [0.2, 0.25) is 0 Å². The Kier molecular flexibility index (Phi) is 8.27. The van der Waals surface area contributed by atoms with Crippen molar-refractivity contribution in [1.82, 2.24) is 19.4 Å². The van der Waals surface area contributed by atoms with Crippen LogP contribution in [0.5, 0.6) is 17.2 Å². The normalized spacial score (nSPS) is 13.5. The molecule has 224 valence electrons. The number of aromatic nitrogens is 3. The van der Waals surface area contributed by atoms with E-state index in [1.54, 1.807) is 56.8 Å². The van der Waals surface area contributed by atoms with E-state index in [0.29, 0.717) is 41.0 Å². The Morgan fingerprint density at radius 2 is 1.59 bits per heavy atom. The van der Waals surface area contributed by atoms with Crippen LogP contribution in [0.4, 0.5) is 0 Å². The Morgan fingerprint density at radius 3 is 2.30 bits per heavy atom. The van der Waals surface area contributed by atoms with Crippen LogP contribution >= 0.6 is 0 Å². The van der Waals surface area contributed by atoms with E-state index in [9.17, 15) is 14.7 Å². The molecule has 1 N–H and O–H groups in total. The molecule has 0 radical (unpaired) electrons. The third-order valence-corrected chi connectivity index (χ3v) is 7.91. The fourth-order valence-corrected chi connectivity index (χ4v) is 5.69. The van der Waals surface area contributed by atoms with Gasteiger partial charge in [0.2, 0.25) is 0 Å². The Morgan fingerprint density at radius 1 is 0.864 bits per heavy atom. The molecule has 1 fully saturated rings. The van der Waals surface area contributed by atoms with Crippen molar-refractivity contribution in [3.63, 3.8) is 0 Å². The fourth-order valence-electron chi connectivity index (χ4n) is 5.69. The van der Waals surface area contributed by atoms with Crippen LogP contribution in [0.3, 0.4) is 0 Å². The number of carbonyl (C=O) groups excluding carboxylic acids is 1. The second-order valence-electron chi connectivity index (χ2n) is 11.3. The standard InChI is InChI=1S/C35H34N4O5/c1-38(2)34(40)26-18-29(43-22-23-14-16-36-17-15-23)21-30(19-26)44-28-11-8-24(9-12-28)33-37-31-20-25(35(41)42)10-13-32(31)39(33)27-6-4-3-5-7-27/h8-21,27H,3-7,22H2,1-2H3,(H,41,42). The van der Waals surface area contributed by atoms with Crippen LogP contribution in [-0.2, 0) is 6.61 Å². The van der Waals surface area contributed by atoms with Crippen molar-refractivity contribution < 1.29 is 24.2 Å². The first-order valence-corrected chi connectivity index (χ1v) is 14.8. The van der Waals surface area contributed by atoms with Gasteiger partial charge in [-0.15, -0.1) is 0 Å². The minimum atomic E-state index is -0.968. The van der Waals surface area contributed by atoms with Gasteiger partial charge in [-0.2, -0.15) is 0 Å². The zero-order valence-corrected chi connectivity index (χ0v) is 24.8. The molecule has 6 rings (SSSR count). The highest BCUT2D eigenvalue weighted by Crippen LogP contribution is 2.37. The molecule has 1 amide bonds. The number of nitrogens with zero attached hydrogens (tertiary/aromatic N) is 4. The molecule has 44 heavy (non-hydrogen) atoms. The van der Waals surface area contributed by atoms with Gasteiger partial charge in [-0.25, -0.2) is 9.78 Å². The van der Waals surface area contributed by atoms with Crippen molar-refractivity contribution in [3.8, 4) is 28.6 Å². The smallest absolute Gasteiger partial charge is 0.335 e. The molecule has 0 atom stereocenters. The number of carbonyl (C=O) groups is 2. The molecular formula is C35H34N4O5. The third-order valence-electron chi connectivity index (χ3n) is 7.91. The van der Waals surface area contributed by atoms with Gasteiger partial charge in [0.25, 0.3) is 5.91 Å². The van der Waals surface area contributed by atoms with Crippen molar-refractivity contribution >= 4 is 22.9 Å². The second kappa shape index (κ2) is 12.6. The van der Waals surface area contributed by atoms with Crippen molar-refractivity contribution in [2.75, 3.05) is 14.1 Å². The summed E-state index contributed by atoms with van der Waals surface area (Å²) in [6.45, 7) is 0.326. The van der Waals surface area contributed by atoms with Gasteiger partial charge in [0.05, 0.1) is 16.6 Å². The van der Waals surface area contributed by atoms with Gasteiger partial charge in [-0.3, -0.25) is 9.78 Å². The molecule has 3 aromatic carbocycles. The number of carboxylic acids is 1. The number of hydrogen-bond donors (Lipinski definition) is 1. The Bertz CT molecular complexity index is 1790. The summed E-state index contributed by atoms with van der Waals surface area (Å²) in [7, 11) is 3.41. The lowest BCUT2D eigenvalue weighted by atomic mass is 9.95. The number of imidazole rings is 1. The highest BCUT2D eigenvalue weighted by atomic mass is 16.5.